The third-order valence-electron chi connectivity index (χ3n) is 10.7. The molecule has 0 bridgehead atoms. The van der Waals surface area contributed by atoms with E-state index in [-0.39, 0.29) is 37.4 Å². The highest BCUT2D eigenvalue weighted by Crippen LogP contribution is 2.30. The topological polar surface area (TPSA) is 175 Å². The van der Waals surface area contributed by atoms with Gasteiger partial charge in [-0.05, 0) is 53.9 Å². The summed E-state index contributed by atoms with van der Waals surface area (Å²) in [5.74, 6) is -1.42. The van der Waals surface area contributed by atoms with Crippen molar-refractivity contribution in [3.05, 3.63) is 107 Å². The maximum Gasteiger partial charge on any atom is 0.407 e. The number of thiazole rings is 1. The first-order valence-corrected chi connectivity index (χ1v) is 20.8. The summed E-state index contributed by atoms with van der Waals surface area (Å²) >= 11 is 1.45. The number of alkyl carbamates (subject to hydrolysis) is 1. The normalized spacial score (nSPS) is 17.3. The van der Waals surface area contributed by atoms with Gasteiger partial charge in [0.25, 0.3) is 0 Å². The van der Waals surface area contributed by atoms with Gasteiger partial charge in [0.1, 0.15) is 11.0 Å². The second-order valence-corrected chi connectivity index (χ2v) is 16.9. The lowest BCUT2D eigenvalue weighted by atomic mass is 9.83. The van der Waals surface area contributed by atoms with Crippen LogP contribution in [-0.2, 0) is 33.7 Å². The van der Waals surface area contributed by atoms with Gasteiger partial charge in [-0.2, -0.15) is 0 Å². The highest BCUT2D eigenvalue weighted by Gasteiger charge is 2.43. The second-order valence-electron chi connectivity index (χ2n) is 16.1. The van der Waals surface area contributed by atoms with Gasteiger partial charge in [-0.25, -0.2) is 14.6 Å². The number of benzene rings is 2. The van der Waals surface area contributed by atoms with E-state index in [2.05, 4.69) is 26.3 Å². The van der Waals surface area contributed by atoms with Gasteiger partial charge in [0.2, 0.25) is 11.8 Å². The molecule has 5 N–H and O–H groups in total. The third-order valence-corrected chi connectivity index (χ3v) is 11.6. The van der Waals surface area contributed by atoms with E-state index in [1.165, 1.54) is 18.4 Å². The molecule has 4 aromatic rings. The molecule has 14 heteroatoms. The average molecular weight is 812 g/mol. The Morgan fingerprint density at radius 1 is 0.948 bits per heavy atom. The SMILES string of the molecule is CCC(C)C(C(=O)NC(Cc1ccccc1)C(O)CC(Cc1ccccc1)NC(=O)C(NC(=O)OC)C(C)(C)C)C1CNC(=O)N1Cc1csc(-c2ccccn2)n1. The number of carbonyl (C=O) groups excluding carboxylic acids is 4. The number of hydrogen-bond donors (Lipinski definition) is 5. The van der Waals surface area contributed by atoms with Gasteiger partial charge >= 0.3 is 12.1 Å². The number of ether oxygens (including phenoxy) is 1. The van der Waals surface area contributed by atoms with Crippen molar-refractivity contribution in [1.29, 1.82) is 0 Å². The smallest absolute Gasteiger partial charge is 0.407 e. The zero-order valence-electron chi connectivity index (χ0n) is 34.2. The van der Waals surface area contributed by atoms with Crippen LogP contribution in [0.1, 0.15) is 64.3 Å². The molecule has 1 aliphatic rings. The predicted octanol–water partition coefficient (Wildman–Crippen LogP) is 5.74. The molecule has 13 nitrogen and oxygen atoms in total. The quantitative estimate of drug-likeness (QED) is 0.0846. The standard InChI is InChI=1S/C44H57N7O6S/c1-7-28(2)37(35-25-46-42(55)51(35)26-32-27-58-41(48-32)33-20-14-15-21-45-33)39(53)49-34(23-30-18-12-9-13-19-30)36(52)24-31(22-29-16-10-8-11-17-29)47-40(54)38(44(3,4)5)50-43(56)57-6/h8-21,27-28,31,34-38,52H,7,22-26H2,1-6H3,(H,46,55)(H,47,54)(H,49,53)(H,50,56). The van der Waals surface area contributed by atoms with Crippen LogP contribution in [0, 0.1) is 17.3 Å². The molecule has 3 heterocycles. The van der Waals surface area contributed by atoms with Gasteiger partial charge in [0, 0.05) is 24.2 Å². The number of methoxy groups -OCH3 is 1. The van der Waals surface area contributed by atoms with Gasteiger partial charge in [0.05, 0.1) is 49.1 Å². The molecule has 2 aromatic heterocycles. The Morgan fingerprint density at radius 3 is 2.21 bits per heavy atom. The second kappa shape index (κ2) is 20.4. The van der Waals surface area contributed by atoms with Crippen LogP contribution in [0.5, 0.6) is 0 Å². The molecule has 5 rings (SSSR count). The Balaban J connectivity index is 1.40. The summed E-state index contributed by atoms with van der Waals surface area (Å²) < 4.78 is 4.82. The molecule has 310 valence electrons. The first-order valence-electron chi connectivity index (χ1n) is 19.9. The van der Waals surface area contributed by atoms with Gasteiger partial charge in [-0.1, -0.05) is 108 Å². The molecule has 0 radical (unpaired) electrons. The maximum atomic E-state index is 14.7. The van der Waals surface area contributed by atoms with Crippen LogP contribution in [0.2, 0.25) is 0 Å². The zero-order chi connectivity index (χ0) is 41.8. The van der Waals surface area contributed by atoms with Crippen LogP contribution in [-0.4, -0.2) is 87.8 Å². The van der Waals surface area contributed by atoms with E-state index in [1.54, 1.807) is 11.1 Å². The molecule has 58 heavy (non-hydrogen) atoms. The van der Waals surface area contributed by atoms with Crippen molar-refractivity contribution >= 4 is 35.3 Å². The molecule has 0 aliphatic carbocycles. The number of aliphatic hydroxyl groups excluding tert-OH is 1. The number of hydrogen-bond acceptors (Lipinski definition) is 9. The number of nitrogens with one attached hydrogen (secondary N) is 4. The van der Waals surface area contributed by atoms with Crippen LogP contribution in [0.25, 0.3) is 10.7 Å². The van der Waals surface area contributed by atoms with E-state index >= 15 is 0 Å². The van der Waals surface area contributed by atoms with E-state index in [9.17, 15) is 24.3 Å². The fourth-order valence-electron chi connectivity index (χ4n) is 7.41. The molecule has 5 amide bonds. The number of rotatable bonds is 18. The largest absolute Gasteiger partial charge is 0.453 e. The molecule has 1 fully saturated rings. The third kappa shape index (κ3) is 11.9. The van der Waals surface area contributed by atoms with Gasteiger partial charge < -0.3 is 36.0 Å². The number of carbonyl (C=O) groups is 4. The Labute approximate surface area is 345 Å². The molecule has 7 atom stereocenters. The summed E-state index contributed by atoms with van der Waals surface area (Å²) in [6.07, 6.45) is 1.38. The number of aromatic nitrogens is 2. The van der Waals surface area contributed by atoms with E-state index in [0.29, 0.717) is 25.0 Å². The molecule has 0 spiro atoms. The summed E-state index contributed by atoms with van der Waals surface area (Å²) in [6, 6.07) is 21.9. The number of pyridine rings is 1. The van der Waals surface area contributed by atoms with E-state index in [0.717, 1.165) is 21.8 Å². The fraction of sp³-hybridized carbons (Fsp3) is 0.455. The van der Waals surface area contributed by atoms with Gasteiger partial charge in [-0.15, -0.1) is 11.3 Å². The van der Waals surface area contributed by atoms with Gasteiger partial charge in [-0.3, -0.25) is 14.6 Å². The van der Waals surface area contributed by atoms with Crippen LogP contribution in [0.3, 0.4) is 0 Å². The lowest BCUT2D eigenvalue weighted by Crippen LogP contribution is -2.57. The molecule has 1 aliphatic heterocycles. The average Bonchev–Trinajstić information content (AvgIpc) is 3.83. The summed E-state index contributed by atoms with van der Waals surface area (Å²) in [6.45, 7) is 10.1. The minimum atomic E-state index is -1.10. The highest BCUT2D eigenvalue weighted by molar-refractivity contribution is 7.13. The van der Waals surface area contributed by atoms with Crippen molar-refractivity contribution < 1.29 is 29.0 Å². The van der Waals surface area contributed by atoms with Gasteiger partial charge in [0.15, 0.2) is 0 Å². The van der Waals surface area contributed by atoms with Crippen molar-refractivity contribution in [2.75, 3.05) is 13.7 Å². The van der Waals surface area contributed by atoms with E-state index in [4.69, 9.17) is 9.72 Å². The minimum Gasteiger partial charge on any atom is -0.453 e. The van der Waals surface area contributed by atoms with Crippen LogP contribution >= 0.6 is 11.3 Å². The van der Waals surface area contributed by atoms with Crippen molar-refractivity contribution in [2.24, 2.45) is 17.3 Å². The van der Waals surface area contributed by atoms with Crippen LogP contribution < -0.4 is 21.3 Å². The molecular formula is C44H57N7O6S. The Morgan fingerprint density at radius 2 is 1.60 bits per heavy atom. The van der Waals surface area contributed by atoms with E-state index < -0.39 is 53.6 Å². The number of aliphatic hydroxyl groups is 1. The Hall–Kier alpha value is -5.34. The lowest BCUT2D eigenvalue weighted by molar-refractivity contribution is -0.130. The van der Waals surface area contributed by atoms with Crippen molar-refractivity contribution in [1.82, 2.24) is 36.1 Å². The molecule has 2 aromatic carbocycles. The zero-order valence-corrected chi connectivity index (χ0v) is 35.0. The lowest BCUT2D eigenvalue weighted by Gasteiger charge is -2.35. The summed E-state index contributed by atoms with van der Waals surface area (Å²) in [5, 5.41) is 26.8. The molecular weight excluding hydrogens is 755 g/mol. The summed E-state index contributed by atoms with van der Waals surface area (Å²) in [4.78, 5) is 65.1. The van der Waals surface area contributed by atoms with Crippen molar-refractivity contribution in [2.45, 2.75) is 97.1 Å². The highest BCUT2D eigenvalue weighted by atomic mass is 32.1. The number of nitrogens with zero attached hydrogens (tertiary/aromatic N) is 3. The maximum absolute atomic E-state index is 14.7. The predicted molar refractivity (Wildman–Crippen MR) is 225 cm³/mol. The molecule has 1 saturated heterocycles. The number of urea groups is 1. The molecule has 7 unspecified atom stereocenters. The molecule has 0 saturated carbocycles. The van der Waals surface area contributed by atoms with Crippen LogP contribution in [0.15, 0.2) is 90.4 Å². The first kappa shape index (κ1) is 43.8. The van der Waals surface area contributed by atoms with Crippen molar-refractivity contribution in [3.63, 3.8) is 0 Å². The first-order chi connectivity index (χ1) is 27.8. The van der Waals surface area contributed by atoms with E-state index in [1.807, 2.05) is 119 Å². The summed E-state index contributed by atoms with van der Waals surface area (Å²) in [5.41, 5.74) is 2.65. The number of amides is 5. The minimum absolute atomic E-state index is 0.0968. The monoisotopic (exact) mass is 811 g/mol. The van der Waals surface area contributed by atoms with Crippen molar-refractivity contribution in [3.8, 4) is 10.7 Å². The Bertz CT molecular complexity index is 1940. The Kier molecular flexibility index (Phi) is 15.4. The van der Waals surface area contributed by atoms with Crippen LogP contribution in [0.4, 0.5) is 9.59 Å². The fourth-order valence-corrected chi connectivity index (χ4v) is 8.19. The summed E-state index contributed by atoms with van der Waals surface area (Å²) in [7, 11) is 1.24.